The Balaban J connectivity index is 1.23. The summed E-state index contributed by atoms with van der Waals surface area (Å²) in [5, 5.41) is 5.71. The average Bonchev–Trinajstić information content (AvgIpc) is 3.36. The van der Waals surface area contributed by atoms with Crippen molar-refractivity contribution in [2.24, 2.45) is 11.7 Å². The molecule has 192 valence electrons. The zero-order valence-electron chi connectivity index (χ0n) is 20.9. The summed E-state index contributed by atoms with van der Waals surface area (Å²) in [6.45, 7) is 2.15. The molecule has 1 saturated carbocycles. The third kappa shape index (κ3) is 4.02. The van der Waals surface area contributed by atoms with Gasteiger partial charge < -0.3 is 20.9 Å². The summed E-state index contributed by atoms with van der Waals surface area (Å²) in [5.41, 5.74) is 8.25. The lowest BCUT2D eigenvalue weighted by molar-refractivity contribution is -0.131. The third-order valence-electron chi connectivity index (χ3n) is 7.69. The quantitative estimate of drug-likeness (QED) is 0.427. The maximum Gasteiger partial charge on any atom is 0.315 e. The zero-order chi connectivity index (χ0) is 25.8. The number of nitrogens with zero attached hydrogens (tertiary/aromatic N) is 6. The van der Waals surface area contributed by atoms with Crippen LogP contribution in [0, 0.1) is 5.92 Å². The number of amides is 3. The Morgan fingerprint density at radius 3 is 2.61 bits per heavy atom. The molecule has 38 heavy (non-hydrogen) atoms. The number of imidazole rings is 1. The summed E-state index contributed by atoms with van der Waals surface area (Å²) in [5.74, 6) is 2.43. The summed E-state index contributed by atoms with van der Waals surface area (Å²) in [4.78, 5) is 42.2. The van der Waals surface area contributed by atoms with E-state index in [1.54, 1.807) is 11.1 Å². The van der Waals surface area contributed by atoms with Crippen molar-refractivity contribution in [1.82, 2.24) is 29.3 Å². The standard InChI is InChI=1S/C28H28N8O2/c29-27(38)35-15-22-23(16-35)36(25(32-22)20-8-5-17-3-1-2-4-19(17)13-20)24-9-11-30-28(33-24)31-21-10-12-34(14-21)26(37)18-6-7-18/h1-5,8-9,11,13,18,21H,6-7,10,12,14-16H2,(H2,29,38)(H,30,31,33). The van der Waals surface area contributed by atoms with Gasteiger partial charge in [0.05, 0.1) is 24.5 Å². The number of fused-ring (bicyclic) bond motifs is 2. The Kier molecular flexibility index (Phi) is 5.27. The molecule has 1 aliphatic carbocycles. The molecule has 2 aromatic heterocycles. The molecule has 2 aliphatic heterocycles. The Labute approximate surface area is 219 Å². The number of anilines is 1. The molecule has 10 heteroatoms. The molecule has 4 heterocycles. The molecule has 1 unspecified atom stereocenters. The number of aromatic nitrogens is 4. The van der Waals surface area contributed by atoms with Gasteiger partial charge in [0.15, 0.2) is 0 Å². The van der Waals surface area contributed by atoms with E-state index in [4.69, 9.17) is 15.7 Å². The van der Waals surface area contributed by atoms with Crippen LogP contribution in [0.5, 0.6) is 0 Å². The van der Waals surface area contributed by atoms with Gasteiger partial charge in [-0.1, -0.05) is 36.4 Å². The van der Waals surface area contributed by atoms with Crippen LogP contribution >= 0.6 is 0 Å². The monoisotopic (exact) mass is 508 g/mol. The molecule has 4 aromatic rings. The number of urea groups is 1. The van der Waals surface area contributed by atoms with E-state index in [9.17, 15) is 9.59 Å². The number of nitrogens with two attached hydrogens (primary N) is 1. The number of primary amides is 1. The van der Waals surface area contributed by atoms with Gasteiger partial charge in [-0.2, -0.15) is 4.98 Å². The Bertz CT molecular complexity index is 1580. The second-order valence-electron chi connectivity index (χ2n) is 10.3. The summed E-state index contributed by atoms with van der Waals surface area (Å²) in [6, 6.07) is 16.0. The molecule has 3 N–H and O–H groups in total. The first-order chi connectivity index (χ1) is 18.5. The van der Waals surface area contributed by atoms with E-state index in [-0.39, 0.29) is 17.9 Å². The topological polar surface area (TPSA) is 122 Å². The first kappa shape index (κ1) is 22.7. The summed E-state index contributed by atoms with van der Waals surface area (Å²) in [7, 11) is 0. The van der Waals surface area contributed by atoms with Crippen molar-refractivity contribution < 1.29 is 9.59 Å². The number of carbonyl (C=O) groups excluding carboxylic acids is 2. The molecular weight excluding hydrogens is 480 g/mol. The average molecular weight is 509 g/mol. The van der Waals surface area contributed by atoms with Crippen molar-refractivity contribution in [2.45, 2.75) is 38.4 Å². The number of rotatable bonds is 5. The van der Waals surface area contributed by atoms with Crippen molar-refractivity contribution in [3.63, 3.8) is 0 Å². The van der Waals surface area contributed by atoms with Crippen molar-refractivity contribution in [2.75, 3.05) is 18.4 Å². The molecule has 10 nitrogen and oxygen atoms in total. The highest BCUT2D eigenvalue weighted by atomic mass is 16.2. The van der Waals surface area contributed by atoms with Crippen molar-refractivity contribution in [3.05, 3.63) is 66.1 Å². The fourth-order valence-corrected chi connectivity index (χ4v) is 5.52. The fourth-order valence-electron chi connectivity index (χ4n) is 5.52. The van der Waals surface area contributed by atoms with Crippen LogP contribution in [0.3, 0.4) is 0 Å². The second-order valence-corrected chi connectivity index (χ2v) is 10.3. The van der Waals surface area contributed by atoms with Crippen LogP contribution in [0.4, 0.5) is 10.7 Å². The van der Waals surface area contributed by atoms with Gasteiger partial charge in [-0.05, 0) is 42.2 Å². The van der Waals surface area contributed by atoms with E-state index in [1.165, 1.54) is 0 Å². The summed E-state index contributed by atoms with van der Waals surface area (Å²) in [6.07, 6.45) is 4.62. The maximum absolute atomic E-state index is 12.5. The third-order valence-corrected chi connectivity index (χ3v) is 7.69. The van der Waals surface area contributed by atoms with Gasteiger partial charge in [-0.15, -0.1) is 0 Å². The molecule has 3 amide bonds. The number of likely N-dealkylation sites (tertiary alicyclic amines) is 1. The molecule has 1 saturated heterocycles. The second kappa shape index (κ2) is 8.83. The number of hydrogen-bond donors (Lipinski definition) is 2. The maximum atomic E-state index is 12.5. The molecule has 2 fully saturated rings. The van der Waals surface area contributed by atoms with E-state index in [0.717, 1.165) is 59.4 Å². The molecule has 2 aromatic carbocycles. The molecular formula is C28H28N8O2. The number of carbonyl (C=O) groups is 2. The molecule has 1 atom stereocenters. The Hall–Kier alpha value is -4.47. The van der Waals surface area contributed by atoms with Crippen LogP contribution < -0.4 is 11.1 Å². The molecule has 3 aliphatic rings. The lowest BCUT2D eigenvalue weighted by atomic mass is 10.1. The minimum Gasteiger partial charge on any atom is -0.351 e. The number of benzene rings is 2. The van der Waals surface area contributed by atoms with Gasteiger partial charge in [0.2, 0.25) is 11.9 Å². The highest BCUT2D eigenvalue weighted by Crippen LogP contribution is 2.34. The zero-order valence-corrected chi connectivity index (χ0v) is 20.9. The molecule has 0 bridgehead atoms. The molecule has 7 rings (SSSR count). The summed E-state index contributed by atoms with van der Waals surface area (Å²) < 4.78 is 2.01. The van der Waals surface area contributed by atoms with Gasteiger partial charge in [0.25, 0.3) is 0 Å². The van der Waals surface area contributed by atoms with Gasteiger partial charge in [-0.3, -0.25) is 9.36 Å². The number of nitrogens with one attached hydrogen (secondary N) is 1. The molecule has 0 radical (unpaired) electrons. The molecule has 0 spiro atoms. The SMILES string of the molecule is NC(=O)N1Cc2nc(-c3ccc4ccccc4c3)n(-c3ccnc(NC4CCN(C(=O)C5CC5)C4)n3)c2C1. The van der Waals surface area contributed by atoms with Crippen molar-refractivity contribution in [1.29, 1.82) is 0 Å². The predicted octanol–water partition coefficient (Wildman–Crippen LogP) is 3.30. The largest absolute Gasteiger partial charge is 0.351 e. The van der Waals surface area contributed by atoms with E-state index < -0.39 is 6.03 Å². The van der Waals surface area contributed by atoms with Gasteiger partial charge >= 0.3 is 6.03 Å². The van der Waals surface area contributed by atoms with E-state index in [0.29, 0.717) is 31.4 Å². The minimum absolute atomic E-state index is 0.103. The highest BCUT2D eigenvalue weighted by molar-refractivity contribution is 5.86. The Morgan fingerprint density at radius 2 is 1.79 bits per heavy atom. The van der Waals surface area contributed by atoms with Crippen molar-refractivity contribution in [3.8, 4) is 17.2 Å². The Morgan fingerprint density at radius 1 is 0.947 bits per heavy atom. The van der Waals surface area contributed by atoms with Crippen LogP contribution in [0.2, 0.25) is 0 Å². The van der Waals surface area contributed by atoms with Crippen LogP contribution in [0.15, 0.2) is 54.7 Å². The van der Waals surface area contributed by atoms with Crippen LogP contribution in [0.25, 0.3) is 28.0 Å². The normalized spacial score (nSPS) is 18.7. The minimum atomic E-state index is -0.474. The van der Waals surface area contributed by atoms with Gasteiger partial charge in [0.1, 0.15) is 11.6 Å². The fraction of sp³-hybridized carbons (Fsp3) is 0.321. The number of hydrogen-bond acceptors (Lipinski definition) is 6. The smallest absolute Gasteiger partial charge is 0.315 e. The predicted molar refractivity (Wildman–Crippen MR) is 142 cm³/mol. The van der Waals surface area contributed by atoms with E-state index in [2.05, 4.69) is 40.6 Å². The lowest BCUT2D eigenvalue weighted by Gasteiger charge is -2.18. The highest BCUT2D eigenvalue weighted by Gasteiger charge is 2.37. The van der Waals surface area contributed by atoms with Gasteiger partial charge in [-0.25, -0.2) is 14.8 Å². The van der Waals surface area contributed by atoms with E-state index in [1.807, 2.05) is 27.7 Å². The first-order valence-corrected chi connectivity index (χ1v) is 13.1. The van der Waals surface area contributed by atoms with Crippen LogP contribution in [-0.2, 0) is 17.9 Å². The summed E-state index contributed by atoms with van der Waals surface area (Å²) >= 11 is 0. The lowest BCUT2D eigenvalue weighted by Crippen LogP contribution is -2.32. The van der Waals surface area contributed by atoms with E-state index >= 15 is 0 Å². The van der Waals surface area contributed by atoms with Crippen LogP contribution in [-0.4, -0.2) is 60.4 Å². The first-order valence-electron chi connectivity index (χ1n) is 13.1. The van der Waals surface area contributed by atoms with Gasteiger partial charge in [0, 0.05) is 36.8 Å². The van der Waals surface area contributed by atoms with Crippen molar-refractivity contribution >= 4 is 28.7 Å². The van der Waals surface area contributed by atoms with Crippen LogP contribution in [0.1, 0.15) is 30.7 Å².